The van der Waals surface area contributed by atoms with Gasteiger partial charge in [0.05, 0.1) is 5.69 Å². The lowest BCUT2D eigenvalue weighted by Gasteiger charge is -2.05. The molecule has 0 aliphatic heterocycles. The van der Waals surface area contributed by atoms with Gasteiger partial charge < -0.3 is 10.4 Å². The predicted molar refractivity (Wildman–Crippen MR) is 67.1 cm³/mol. The smallest absolute Gasteiger partial charge is 0.354 e. The highest BCUT2D eigenvalue weighted by molar-refractivity contribution is 6.04. The molecule has 2 N–H and O–H groups in total. The van der Waals surface area contributed by atoms with Gasteiger partial charge in [0.2, 0.25) is 0 Å². The monoisotopic (exact) mass is 260 g/mol. The number of pyridine rings is 1. The zero-order chi connectivity index (χ0) is 14.0. The van der Waals surface area contributed by atoms with E-state index in [-0.39, 0.29) is 11.3 Å². The number of carboxylic acid groups (broad SMARTS) is 1. The van der Waals surface area contributed by atoms with Crippen molar-refractivity contribution < 1.29 is 14.7 Å². The molecule has 7 nitrogen and oxygen atoms in total. The quantitative estimate of drug-likeness (QED) is 0.860. The number of nitrogens with zero attached hydrogens (tertiary/aromatic N) is 3. The highest BCUT2D eigenvalue weighted by Crippen LogP contribution is 2.10. The van der Waals surface area contributed by atoms with Crippen molar-refractivity contribution in [2.45, 2.75) is 6.92 Å². The molecule has 2 heterocycles. The zero-order valence-electron chi connectivity index (χ0n) is 10.4. The van der Waals surface area contributed by atoms with Gasteiger partial charge in [-0.25, -0.2) is 9.78 Å². The van der Waals surface area contributed by atoms with Gasteiger partial charge in [-0.15, -0.1) is 0 Å². The van der Waals surface area contributed by atoms with E-state index in [9.17, 15) is 9.59 Å². The van der Waals surface area contributed by atoms with E-state index >= 15 is 0 Å². The van der Waals surface area contributed by atoms with E-state index in [4.69, 9.17) is 5.11 Å². The Morgan fingerprint density at radius 3 is 2.68 bits per heavy atom. The van der Waals surface area contributed by atoms with Crippen LogP contribution in [0.15, 0.2) is 24.4 Å². The number of hydrogen-bond acceptors (Lipinski definition) is 4. The molecular weight excluding hydrogens is 248 g/mol. The van der Waals surface area contributed by atoms with Gasteiger partial charge in [-0.2, -0.15) is 5.10 Å². The van der Waals surface area contributed by atoms with Crippen molar-refractivity contribution in [3.8, 4) is 0 Å². The van der Waals surface area contributed by atoms with E-state index in [1.807, 2.05) is 6.92 Å². The molecule has 0 spiro atoms. The summed E-state index contributed by atoms with van der Waals surface area (Å²) < 4.78 is 1.53. The minimum Gasteiger partial charge on any atom is -0.477 e. The van der Waals surface area contributed by atoms with E-state index in [1.165, 1.54) is 23.0 Å². The lowest BCUT2D eigenvalue weighted by Crippen LogP contribution is -2.15. The van der Waals surface area contributed by atoms with Crippen LogP contribution >= 0.6 is 0 Å². The number of hydrogen-bond donors (Lipinski definition) is 2. The van der Waals surface area contributed by atoms with E-state index in [1.54, 1.807) is 13.1 Å². The molecule has 0 fully saturated rings. The lowest BCUT2D eigenvalue weighted by atomic mass is 10.2. The van der Waals surface area contributed by atoms with Crippen molar-refractivity contribution in [2.75, 3.05) is 5.32 Å². The fraction of sp³-hybridized carbons (Fsp3) is 0.167. The first-order valence-electron chi connectivity index (χ1n) is 5.48. The second kappa shape index (κ2) is 4.89. The van der Waals surface area contributed by atoms with Crippen LogP contribution in [0, 0.1) is 6.92 Å². The van der Waals surface area contributed by atoms with Crippen molar-refractivity contribution in [3.63, 3.8) is 0 Å². The molecule has 0 aliphatic carbocycles. The van der Waals surface area contributed by atoms with Crippen LogP contribution in [0.5, 0.6) is 0 Å². The first-order valence-corrected chi connectivity index (χ1v) is 5.48. The van der Waals surface area contributed by atoms with Gasteiger partial charge >= 0.3 is 5.97 Å². The third kappa shape index (κ3) is 2.76. The largest absolute Gasteiger partial charge is 0.477 e. The number of rotatable bonds is 3. The molecule has 0 aromatic carbocycles. The fourth-order valence-electron chi connectivity index (χ4n) is 1.60. The predicted octanol–water partition coefficient (Wildman–Crippen LogP) is 1.07. The third-order valence-electron chi connectivity index (χ3n) is 2.48. The number of carbonyl (C=O) groups is 2. The van der Waals surface area contributed by atoms with Gasteiger partial charge in [0, 0.05) is 24.9 Å². The Morgan fingerprint density at radius 2 is 2.11 bits per heavy atom. The number of aryl methyl sites for hydroxylation is 2. The summed E-state index contributed by atoms with van der Waals surface area (Å²) in [6.07, 6.45) is 1.28. The molecule has 19 heavy (non-hydrogen) atoms. The SMILES string of the molecule is Cc1cc(NC(=O)c2ccnc(C(=O)O)c2)n(C)n1. The minimum atomic E-state index is -1.17. The maximum Gasteiger partial charge on any atom is 0.354 e. The number of nitrogens with one attached hydrogen (secondary N) is 1. The molecule has 0 saturated carbocycles. The van der Waals surface area contributed by atoms with Crippen LogP contribution in [0.1, 0.15) is 26.5 Å². The van der Waals surface area contributed by atoms with Gasteiger partial charge in [0.15, 0.2) is 0 Å². The Balaban J connectivity index is 2.23. The summed E-state index contributed by atoms with van der Waals surface area (Å²) in [4.78, 5) is 26.4. The van der Waals surface area contributed by atoms with Crippen LogP contribution in [-0.4, -0.2) is 31.7 Å². The van der Waals surface area contributed by atoms with E-state index < -0.39 is 11.9 Å². The lowest BCUT2D eigenvalue weighted by molar-refractivity contribution is 0.0690. The van der Waals surface area contributed by atoms with Crippen LogP contribution in [0.2, 0.25) is 0 Å². The standard InChI is InChI=1S/C12H12N4O3/c1-7-5-10(16(2)15-7)14-11(17)8-3-4-13-9(6-8)12(18)19/h3-6H,1-2H3,(H,14,17)(H,18,19). The second-order valence-corrected chi connectivity index (χ2v) is 3.98. The van der Waals surface area contributed by atoms with Crippen molar-refractivity contribution in [1.82, 2.24) is 14.8 Å². The summed E-state index contributed by atoms with van der Waals surface area (Å²) in [6.45, 7) is 1.81. The molecular formula is C12H12N4O3. The summed E-state index contributed by atoms with van der Waals surface area (Å²) in [6, 6.07) is 4.39. The van der Waals surface area contributed by atoms with Crippen LogP contribution < -0.4 is 5.32 Å². The van der Waals surface area contributed by atoms with Crippen molar-refractivity contribution in [1.29, 1.82) is 0 Å². The average Bonchev–Trinajstić information content (AvgIpc) is 2.68. The Bertz CT molecular complexity index is 648. The Kier molecular flexibility index (Phi) is 3.28. The number of aromatic nitrogens is 3. The first-order chi connectivity index (χ1) is 8.97. The molecule has 7 heteroatoms. The van der Waals surface area contributed by atoms with Gasteiger partial charge in [0.1, 0.15) is 11.5 Å². The molecule has 0 atom stereocenters. The van der Waals surface area contributed by atoms with Crippen LogP contribution in [0.25, 0.3) is 0 Å². The molecule has 1 amide bonds. The Morgan fingerprint density at radius 1 is 1.37 bits per heavy atom. The maximum atomic E-state index is 12.0. The van der Waals surface area contributed by atoms with Crippen molar-refractivity contribution in [3.05, 3.63) is 41.3 Å². The molecule has 2 rings (SSSR count). The normalized spacial score (nSPS) is 10.2. The van der Waals surface area contributed by atoms with Crippen molar-refractivity contribution in [2.24, 2.45) is 7.05 Å². The van der Waals surface area contributed by atoms with Crippen LogP contribution in [-0.2, 0) is 7.05 Å². The van der Waals surface area contributed by atoms with Gasteiger partial charge in [-0.05, 0) is 19.1 Å². The molecule has 0 radical (unpaired) electrons. The van der Waals surface area contributed by atoms with E-state index in [0.717, 1.165) is 5.69 Å². The number of amides is 1. The molecule has 2 aromatic heterocycles. The highest BCUT2D eigenvalue weighted by atomic mass is 16.4. The first kappa shape index (κ1) is 12.7. The summed E-state index contributed by atoms with van der Waals surface area (Å²) in [5, 5.41) is 15.6. The Hall–Kier alpha value is -2.70. The van der Waals surface area contributed by atoms with Gasteiger partial charge in [-0.1, -0.05) is 0 Å². The number of carbonyl (C=O) groups excluding carboxylic acids is 1. The number of aromatic carboxylic acids is 1. The van der Waals surface area contributed by atoms with E-state index in [0.29, 0.717) is 5.82 Å². The summed E-state index contributed by atoms with van der Waals surface area (Å²) in [5.41, 5.74) is 0.832. The van der Waals surface area contributed by atoms with E-state index in [2.05, 4.69) is 15.4 Å². The highest BCUT2D eigenvalue weighted by Gasteiger charge is 2.12. The summed E-state index contributed by atoms with van der Waals surface area (Å²) in [7, 11) is 1.71. The van der Waals surface area contributed by atoms with Crippen molar-refractivity contribution >= 4 is 17.7 Å². The van der Waals surface area contributed by atoms with Crippen LogP contribution in [0.3, 0.4) is 0 Å². The fourth-order valence-corrected chi connectivity index (χ4v) is 1.60. The van der Waals surface area contributed by atoms with Gasteiger partial charge in [-0.3, -0.25) is 9.48 Å². The van der Waals surface area contributed by atoms with Gasteiger partial charge in [0.25, 0.3) is 5.91 Å². The average molecular weight is 260 g/mol. The molecule has 2 aromatic rings. The Labute approximate surface area is 108 Å². The molecule has 0 saturated heterocycles. The number of carboxylic acids is 1. The zero-order valence-corrected chi connectivity index (χ0v) is 10.4. The summed E-state index contributed by atoms with van der Waals surface area (Å²) in [5.74, 6) is -1.05. The molecule has 0 aliphatic rings. The second-order valence-electron chi connectivity index (χ2n) is 3.98. The van der Waals surface area contributed by atoms with Crippen LogP contribution in [0.4, 0.5) is 5.82 Å². The molecule has 98 valence electrons. The maximum absolute atomic E-state index is 12.0. The summed E-state index contributed by atoms with van der Waals surface area (Å²) >= 11 is 0. The third-order valence-corrected chi connectivity index (χ3v) is 2.48. The topological polar surface area (TPSA) is 97.1 Å². The molecule has 0 unspecified atom stereocenters. The molecule has 0 bridgehead atoms. The number of anilines is 1. The minimum absolute atomic E-state index is 0.172.